The quantitative estimate of drug-likeness (QED) is 0.374. The van der Waals surface area contributed by atoms with Crippen LogP contribution in [0.3, 0.4) is 0 Å². The third kappa shape index (κ3) is 3.31. The summed E-state index contributed by atoms with van der Waals surface area (Å²) in [6.07, 6.45) is 3.22. The average molecular weight is 394 g/mol. The number of nitrogens with one attached hydrogen (secondary N) is 1. The number of aromatic nitrogens is 1. The Morgan fingerprint density at radius 3 is 2.39 bits per heavy atom. The largest absolute Gasteiger partial charge is 0.317 e. The highest BCUT2D eigenvalue weighted by Gasteiger charge is 2.33. The summed E-state index contributed by atoms with van der Waals surface area (Å²) in [6, 6.07) is 8.17. The van der Waals surface area contributed by atoms with Crippen LogP contribution in [0.25, 0.3) is 11.8 Å². The lowest BCUT2D eigenvalue weighted by Crippen LogP contribution is -2.53. The molecule has 1 aliphatic rings. The first-order valence-electron chi connectivity index (χ1n) is 9.01. The number of benzene rings is 1. The van der Waals surface area contributed by atoms with Crippen LogP contribution >= 0.6 is 12.2 Å². The van der Waals surface area contributed by atoms with E-state index in [1.54, 1.807) is 12.2 Å². The predicted octanol–water partition coefficient (Wildman–Crippen LogP) is 3.52. The fourth-order valence-electron chi connectivity index (χ4n) is 3.58. The van der Waals surface area contributed by atoms with Crippen LogP contribution in [0.4, 0.5) is 0 Å². The average Bonchev–Trinajstić information content (AvgIpc) is 2.90. The van der Waals surface area contributed by atoms with Crippen LogP contribution in [0, 0.1) is 27.7 Å². The molecule has 1 aromatic carbocycles. The minimum atomic E-state index is -0.479. The smallest absolute Gasteiger partial charge is 0.265 e. The van der Waals surface area contributed by atoms with Gasteiger partial charge in [-0.05, 0) is 68.7 Å². The number of carbonyl (C=O) groups is 2. The van der Waals surface area contributed by atoms with Gasteiger partial charge in [0, 0.05) is 17.9 Å². The van der Waals surface area contributed by atoms with E-state index in [1.807, 2.05) is 26.0 Å². The molecule has 144 valence electrons. The molecule has 0 atom stereocenters. The molecule has 1 fully saturated rings. The Bertz CT molecular complexity index is 1030. The highest BCUT2D eigenvalue weighted by Crippen LogP contribution is 2.27. The maximum atomic E-state index is 12.8. The minimum absolute atomic E-state index is 0.0669. The molecule has 0 saturated carbocycles. The molecule has 5 nitrogen and oxygen atoms in total. The summed E-state index contributed by atoms with van der Waals surface area (Å²) in [6.45, 7) is 12.0. The van der Waals surface area contributed by atoms with Crippen molar-refractivity contribution in [2.75, 3.05) is 6.54 Å². The van der Waals surface area contributed by atoms with Crippen molar-refractivity contribution in [3.63, 3.8) is 0 Å². The number of thiocarbonyl (C=S) groups is 1. The van der Waals surface area contributed by atoms with Gasteiger partial charge in [-0.3, -0.25) is 19.8 Å². The third-order valence-electron chi connectivity index (χ3n) is 4.93. The van der Waals surface area contributed by atoms with Crippen LogP contribution in [-0.4, -0.2) is 32.9 Å². The van der Waals surface area contributed by atoms with Crippen LogP contribution in [0.5, 0.6) is 0 Å². The van der Waals surface area contributed by atoms with Crippen molar-refractivity contribution in [2.45, 2.75) is 27.7 Å². The van der Waals surface area contributed by atoms with E-state index in [1.165, 1.54) is 4.90 Å². The Balaban J connectivity index is 2.11. The van der Waals surface area contributed by atoms with E-state index in [0.717, 1.165) is 33.8 Å². The van der Waals surface area contributed by atoms with E-state index in [4.69, 9.17) is 12.2 Å². The topological polar surface area (TPSA) is 54.3 Å². The van der Waals surface area contributed by atoms with Crippen molar-refractivity contribution in [1.82, 2.24) is 14.8 Å². The second-order valence-corrected chi connectivity index (χ2v) is 7.31. The number of amides is 2. The molecule has 28 heavy (non-hydrogen) atoms. The number of carbonyl (C=O) groups excluding carboxylic acids is 2. The Kier molecular flexibility index (Phi) is 5.34. The second kappa shape index (κ2) is 7.56. The number of nitrogens with zero attached hydrogens (tertiary/aromatic N) is 2. The number of para-hydroxylation sites is 1. The van der Waals surface area contributed by atoms with E-state index in [2.05, 4.69) is 42.4 Å². The summed E-state index contributed by atoms with van der Waals surface area (Å²) in [4.78, 5) is 26.5. The Morgan fingerprint density at radius 2 is 1.79 bits per heavy atom. The molecule has 1 aromatic heterocycles. The fourth-order valence-corrected chi connectivity index (χ4v) is 3.83. The lowest BCUT2D eigenvalue weighted by atomic mass is 10.1. The lowest BCUT2D eigenvalue weighted by Gasteiger charge is -2.27. The summed E-state index contributed by atoms with van der Waals surface area (Å²) in [5.74, 6) is -0.891. The van der Waals surface area contributed by atoms with Gasteiger partial charge in [-0.2, -0.15) is 0 Å². The van der Waals surface area contributed by atoms with Crippen LogP contribution in [0.1, 0.15) is 28.1 Å². The summed E-state index contributed by atoms with van der Waals surface area (Å²) < 4.78 is 2.16. The van der Waals surface area contributed by atoms with Crippen molar-refractivity contribution in [3.8, 4) is 5.69 Å². The Labute approximate surface area is 170 Å². The lowest BCUT2D eigenvalue weighted by molar-refractivity contribution is -0.128. The highest BCUT2D eigenvalue weighted by molar-refractivity contribution is 7.80. The number of rotatable bonds is 4. The van der Waals surface area contributed by atoms with Gasteiger partial charge < -0.3 is 4.57 Å². The molecule has 0 radical (unpaired) electrons. The molecule has 0 spiro atoms. The molecule has 2 heterocycles. The van der Waals surface area contributed by atoms with Gasteiger partial charge in [0.2, 0.25) is 0 Å². The van der Waals surface area contributed by atoms with Gasteiger partial charge in [0.15, 0.2) is 5.11 Å². The molecule has 2 aromatic rings. The minimum Gasteiger partial charge on any atom is -0.317 e. The first-order chi connectivity index (χ1) is 13.3. The molecular formula is C22H23N3O2S. The van der Waals surface area contributed by atoms with Gasteiger partial charge in [0.25, 0.3) is 11.8 Å². The number of hydrogen-bond donors (Lipinski definition) is 1. The second-order valence-electron chi connectivity index (χ2n) is 6.92. The van der Waals surface area contributed by atoms with Crippen molar-refractivity contribution in [2.24, 2.45) is 0 Å². The van der Waals surface area contributed by atoms with E-state index in [0.29, 0.717) is 0 Å². The van der Waals surface area contributed by atoms with Gasteiger partial charge in [-0.1, -0.05) is 24.3 Å². The Hall–Kier alpha value is -2.99. The monoisotopic (exact) mass is 393 g/mol. The zero-order chi connectivity index (χ0) is 20.6. The molecule has 0 unspecified atom stereocenters. The van der Waals surface area contributed by atoms with Crippen LogP contribution in [0.15, 0.2) is 42.5 Å². The van der Waals surface area contributed by atoms with Gasteiger partial charge in [0.05, 0.1) is 5.69 Å². The van der Waals surface area contributed by atoms with Crippen molar-refractivity contribution in [1.29, 1.82) is 0 Å². The van der Waals surface area contributed by atoms with Crippen LogP contribution in [0.2, 0.25) is 0 Å². The zero-order valence-electron chi connectivity index (χ0n) is 16.5. The standard InChI is InChI=1S/C22H23N3O2S/c1-6-10-24-21(27)18(20(26)23-22(24)28)12-17-11-15(4)25(16(17)5)19-13(2)8-7-9-14(19)3/h6-9,11-12H,1,10H2,2-5H3,(H,23,26,28). The van der Waals surface area contributed by atoms with Crippen molar-refractivity contribution >= 4 is 35.2 Å². The van der Waals surface area contributed by atoms with E-state index in [9.17, 15) is 9.59 Å². The van der Waals surface area contributed by atoms with E-state index < -0.39 is 11.8 Å². The Morgan fingerprint density at radius 1 is 1.14 bits per heavy atom. The van der Waals surface area contributed by atoms with Gasteiger partial charge in [-0.15, -0.1) is 6.58 Å². The van der Waals surface area contributed by atoms with E-state index >= 15 is 0 Å². The summed E-state index contributed by atoms with van der Waals surface area (Å²) >= 11 is 5.10. The molecule has 3 rings (SSSR count). The number of aryl methyl sites for hydroxylation is 3. The molecule has 0 bridgehead atoms. The molecule has 6 heteroatoms. The fraction of sp³-hybridized carbons (Fsp3) is 0.227. The summed E-state index contributed by atoms with van der Waals surface area (Å²) in [7, 11) is 0. The molecule has 2 amide bonds. The van der Waals surface area contributed by atoms with Crippen molar-refractivity contribution in [3.05, 3.63) is 70.6 Å². The van der Waals surface area contributed by atoms with Crippen molar-refractivity contribution < 1.29 is 9.59 Å². The third-order valence-corrected chi connectivity index (χ3v) is 5.25. The van der Waals surface area contributed by atoms with Gasteiger partial charge in [0.1, 0.15) is 5.57 Å². The molecule has 1 saturated heterocycles. The maximum Gasteiger partial charge on any atom is 0.265 e. The molecular weight excluding hydrogens is 370 g/mol. The van der Waals surface area contributed by atoms with Gasteiger partial charge in [-0.25, -0.2) is 0 Å². The molecule has 1 N–H and O–H groups in total. The SMILES string of the molecule is C=CCN1C(=O)C(=Cc2cc(C)n(-c3c(C)cccc3C)c2C)C(=O)NC1=S. The normalized spacial score (nSPS) is 15.9. The summed E-state index contributed by atoms with van der Waals surface area (Å²) in [5.41, 5.74) is 6.33. The molecule has 0 aliphatic carbocycles. The summed E-state index contributed by atoms with van der Waals surface area (Å²) in [5, 5.41) is 2.69. The van der Waals surface area contributed by atoms with E-state index in [-0.39, 0.29) is 17.2 Å². The maximum absolute atomic E-state index is 12.8. The highest BCUT2D eigenvalue weighted by atomic mass is 32.1. The van der Waals surface area contributed by atoms with Crippen LogP contribution in [-0.2, 0) is 9.59 Å². The first-order valence-corrected chi connectivity index (χ1v) is 9.42. The number of hydrogen-bond acceptors (Lipinski definition) is 3. The first kappa shape index (κ1) is 19.8. The van der Waals surface area contributed by atoms with Crippen LogP contribution < -0.4 is 5.32 Å². The molecule has 1 aliphatic heterocycles. The zero-order valence-corrected chi connectivity index (χ0v) is 17.3. The van der Waals surface area contributed by atoms with Gasteiger partial charge >= 0.3 is 0 Å². The predicted molar refractivity (Wildman–Crippen MR) is 115 cm³/mol.